The standard InChI is InChI=1S/C10H17B2/c1-8-4-6-10(11)5-2-3-9(7-8)12-10/h8-9H,2-7H2,1H3. The highest BCUT2D eigenvalue weighted by Gasteiger charge is 2.35. The Kier molecular flexibility index (Phi) is 2.27. The smallest absolute Gasteiger partial charge is 0.0907 e. The summed E-state index contributed by atoms with van der Waals surface area (Å²) in [5.41, 5.74) is 0. The molecule has 63 valence electrons. The fourth-order valence-corrected chi connectivity index (χ4v) is 2.87. The van der Waals surface area contributed by atoms with Gasteiger partial charge in [0.15, 0.2) is 0 Å². The lowest BCUT2D eigenvalue weighted by atomic mass is 9.33. The van der Waals surface area contributed by atoms with Crippen molar-refractivity contribution in [1.82, 2.24) is 0 Å². The Morgan fingerprint density at radius 2 is 2.17 bits per heavy atom. The van der Waals surface area contributed by atoms with Crippen LogP contribution in [0, 0.1) is 5.92 Å². The van der Waals surface area contributed by atoms with Gasteiger partial charge in [0.1, 0.15) is 7.28 Å². The molecule has 12 heavy (non-hydrogen) atoms. The Hall–Kier alpha value is 0.130. The van der Waals surface area contributed by atoms with Crippen molar-refractivity contribution < 1.29 is 0 Å². The van der Waals surface area contributed by atoms with E-state index < -0.39 is 0 Å². The molecule has 2 rings (SSSR count). The zero-order chi connectivity index (χ0) is 8.60. The Morgan fingerprint density at radius 1 is 1.33 bits per heavy atom. The molecule has 0 nitrogen and oxygen atoms in total. The van der Waals surface area contributed by atoms with Crippen molar-refractivity contribution in [1.29, 1.82) is 0 Å². The zero-order valence-corrected chi connectivity index (χ0v) is 8.05. The maximum absolute atomic E-state index is 6.31. The first-order valence-corrected chi connectivity index (χ1v) is 5.33. The van der Waals surface area contributed by atoms with E-state index in [9.17, 15) is 0 Å². The third-order valence-corrected chi connectivity index (χ3v) is 3.59. The molecule has 3 unspecified atom stereocenters. The average Bonchev–Trinajstić information content (AvgIpc) is 2.09. The maximum atomic E-state index is 6.31. The Bertz CT molecular complexity index is 169. The summed E-state index contributed by atoms with van der Waals surface area (Å²) in [5, 5.41) is 0.119. The van der Waals surface area contributed by atoms with E-state index in [1.807, 2.05) is 0 Å². The molecule has 0 saturated carbocycles. The first-order chi connectivity index (χ1) is 5.68. The highest BCUT2D eigenvalue weighted by Crippen LogP contribution is 2.48. The van der Waals surface area contributed by atoms with Crippen LogP contribution in [0.3, 0.4) is 0 Å². The minimum absolute atomic E-state index is 0.119. The maximum Gasteiger partial charge on any atom is 0.111 e. The molecule has 2 fully saturated rings. The van der Waals surface area contributed by atoms with Gasteiger partial charge in [-0.3, -0.25) is 0 Å². The second-order valence-corrected chi connectivity index (χ2v) is 4.93. The fraction of sp³-hybridized carbons (Fsp3) is 1.00. The molecule has 3 atom stereocenters. The van der Waals surface area contributed by atoms with E-state index in [0.717, 1.165) is 11.7 Å². The van der Waals surface area contributed by atoms with Gasteiger partial charge in [0.2, 0.25) is 0 Å². The summed E-state index contributed by atoms with van der Waals surface area (Å²) in [5.74, 6) is 1.73. The lowest BCUT2D eigenvalue weighted by Crippen LogP contribution is -2.27. The Labute approximate surface area is 78.2 Å². The van der Waals surface area contributed by atoms with Gasteiger partial charge in [-0.1, -0.05) is 56.5 Å². The summed E-state index contributed by atoms with van der Waals surface area (Å²) in [7, 11) is 8.76. The van der Waals surface area contributed by atoms with Gasteiger partial charge in [-0.05, 0) is 5.92 Å². The molecule has 0 N–H and O–H groups in total. The van der Waals surface area contributed by atoms with E-state index in [-0.39, 0.29) is 5.21 Å². The molecule has 2 heteroatoms. The van der Waals surface area contributed by atoms with Crippen molar-refractivity contribution >= 4 is 15.1 Å². The summed E-state index contributed by atoms with van der Waals surface area (Å²) >= 11 is 0. The van der Waals surface area contributed by atoms with Crippen LogP contribution in [0.5, 0.6) is 0 Å². The van der Waals surface area contributed by atoms with Crippen LogP contribution in [-0.2, 0) is 0 Å². The molecule has 0 aliphatic carbocycles. The Balaban J connectivity index is 2.08. The van der Waals surface area contributed by atoms with Crippen LogP contribution in [0.25, 0.3) is 0 Å². The Morgan fingerprint density at radius 3 is 3.00 bits per heavy atom. The van der Waals surface area contributed by atoms with Crippen molar-refractivity contribution in [2.24, 2.45) is 5.92 Å². The molecule has 0 aromatic rings. The van der Waals surface area contributed by atoms with Gasteiger partial charge >= 0.3 is 0 Å². The molecule has 2 aliphatic heterocycles. The van der Waals surface area contributed by atoms with Gasteiger partial charge in [-0.2, -0.15) is 0 Å². The third kappa shape index (κ3) is 1.72. The van der Waals surface area contributed by atoms with Crippen LogP contribution in [0.2, 0.25) is 11.0 Å². The topological polar surface area (TPSA) is 0 Å². The zero-order valence-electron chi connectivity index (χ0n) is 8.05. The average molecular weight is 159 g/mol. The second-order valence-electron chi connectivity index (χ2n) is 4.93. The van der Waals surface area contributed by atoms with E-state index in [4.69, 9.17) is 7.85 Å². The molecule has 0 aromatic heterocycles. The molecule has 3 radical (unpaired) electrons. The molecular weight excluding hydrogens is 142 g/mol. The molecule has 2 saturated heterocycles. The summed E-state index contributed by atoms with van der Waals surface area (Å²) in [6, 6.07) is 0. The lowest BCUT2D eigenvalue weighted by molar-refractivity contribution is 0.477. The van der Waals surface area contributed by atoms with E-state index in [1.54, 1.807) is 0 Å². The van der Waals surface area contributed by atoms with Crippen LogP contribution in [-0.4, -0.2) is 15.1 Å². The third-order valence-electron chi connectivity index (χ3n) is 3.59. The molecule has 2 aliphatic rings. The minimum Gasteiger partial charge on any atom is -0.0907 e. The van der Waals surface area contributed by atoms with Crippen LogP contribution >= 0.6 is 0 Å². The minimum atomic E-state index is 0.119. The highest BCUT2D eigenvalue weighted by atomic mass is 14.3. The van der Waals surface area contributed by atoms with Gasteiger partial charge < -0.3 is 0 Å². The molecule has 0 aromatic carbocycles. The monoisotopic (exact) mass is 159 g/mol. The van der Waals surface area contributed by atoms with Crippen molar-refractivity contribution in [3.05, 3.63) is 0 Å². The van der Waals surface area contributed by atoms with Gasteiger partial charge in [0, 0.05) is 0 Å². The number of fused-ring (bicyclic) bond motifs is 2. The SMILES string of the molecule is [B]C12[B]C(CCC1)CC(C)CC2. The number of rotatable bonds is 0. The van der Waals surface area contributed by atoms with E-state index in [1.165, 1.54) is 38.5 Å². The van der Waals surface area contributed by atoms with Gasteiger partial charge in [-0.25, -0.2) is 0 Å². The first kappa shape index (κ1) is 8.72. The molecular formula is C10H17B2. The predicted molar refractivity (Wildman–Crippen MR) is 54.8 cm³/mol. The highest BCUT2D eigenvalue weighted by molar-refractivity contribution is 6.55. The number of hydrogen-bond acceptors (Lipinski definition) is 0. The van der Waals surface area contributed by atoms with Crippen molar-refractivity contribution in [2.75, 3.05) is 0 Å². The van der Waals surface area contributed by atoms with Crippen molar-refractivity contribution in [3.63, 3.8) is 0 Å². The predicted octanol–water partition coefficient (Wildman–Crippen LogP) is 2.77. The summed E-state index contributed by atoms with van der Waals surface area (Å²) in [6.45, 7) is 2.37. The molecule has 0 spiro atoms. The molecule has 0 amide bonds. The fourth-order valence-electron chi connectivity index (χ4n) is 2.87. The van der Waals surface area contributed by atoms with E-state index in [0.29, 0.717) is 0 Å². The van der Waals surface area contributed by atoms with E-state index in [2.05, 4.69) is 14.2 Å². The lowest BCUT2D eigenvalue weighted by Gasteiger charge is -2.35. The molecule has 2 bridgehead atoms. The first-order valence-electron chi connectivity index (χ1n) is 5.33. The van der Waals surface area contributed by atoms with Crippen LogP contribution in [0.15, 0.2) is 0 Å². The second kappa shape index (κ2) is 3.12. The normalized spacial score (nSPS) is 47.8. The summed E-state index contributed by atoms with van der Waals surface area (Å²) in [4.78, 5) is 0. The van der Waals surface area contributed by atoms with Gasteiger partial charge in [-0.15, -0.1) is 0 Å². The largest absolute Gasteiger partial charge is 0.111 e. The van der Waals surface area contributed by atoms with Crippen LogP contribution < -0.4 is 0 Å². The van der Waals surface area contributed by atoms with Crippen molar-refractivity contribution in [2.45, 2.75) is 56.5 Å². The van der Waals surface area contributed by atoms with Gasteiger partial charge in [0.25, 0.3) is 0 Å². The number of hydrogen-bond donors (Lipinski definition) is 0. The van der Waals surface area contributed by atoms with E-state index >= 15 is 0 Å². The van der Waals surface area contributed by atoms with Crippen molar-refractivity contribution in [3.8, 4) is 0 Å². The molecule has 2 heterocycles. The summed E-state index contributed by atoms with van der Waals surface area (Å²) < 4.78 is 0. The van der Waals surface area contributed by atoms with Gasteiger partial charge in [0.05, 0.1) is 7.85 Å². The quantitative estimate of drug-likeness (QED) is 0.476. The van der Waals surface area contributed by atoms with Crippen LogP contribution in [0.1, 0.15) is 45.4 Å². The summed E-state index contributed by atoms with van der Waals surface area (Å²) in [6.07, 6.45) is 7.93. The van der Waals surface area contributed by atoms with Crippen LogP contribution in [0.4, 0.5) is 0 Å².